The van der Waals surface area contributed by atoms with Crippen molar-refractivity contribution in [1.82, 2.24) is 0 Å². The van der Waals surface area contributed by atoms with E-state index in [9.17, 15) is 14.0 Å². The van der Waals surface area contributed by atoms with Crippen LogP contribution in [0, 0.1) is 0 Å². The molecule has 0 saturated carbocycles. The molecule has 1 atom stereocenters. The number of hydrogen-bond donors (Lipinski definition) is 3. The highest BCUT2D eigenvalue weighted by atomic mass is 31.2. The standard InChI is InChI=1S/C19H36O6P2/c1-5-17(2)11-8-12-19(4)14-9-13-18(3)10-6-7-15-25-27(23,24)16-26(20,21)22/h10-11,14H,5-9,12-13,15-16H2,1-4H3,(H,23,24)(H2,20,21,22)/b17-11+,18-10+,19-14+. The predicted molar refractivity (Wildman–Crippen MR) is 112 cm³/mol. The van der Waals surface area contributed by atoms with Gasteiger partial charge in [0.1, 0.15) is 0 Å². The SMILES string of the molecule is CC/C(C)=C/CC/C(C)=C/CC/C(C)=C/CCCOP(=O)(O)CP(=O)(O)O. The Labute approximate surface area is 164 Å². The molecule has 0 aromatic heterocycles. The van der Waals surface area contributed by atoms with Crippen LogP contribution in [0.2, 0.25) is 0 Å². The van der Waals surface area contributed by atoms with Gasteiger partial charge in [-0.1, -0.05) is 41.9 Å². The summed E-state index contributed by atoms with van der Waals surface area (Å²) in [5, 5.41) is 0. The van der Waals surface area contributed by atoms with Crippen molar-refractivity contribution in [3.63, 3.8) is 0 Å². The van der Waals surface area contributed by atoms with Gasteiger partial charge in [0.15, 0.2) is 5.90 Å². The van der Waals surface area contributed by atoms with Crippen LogP contribution in [-0.4, -0.2) is 27.2 Å². The van der Waals surface area contributed by atoms with Crippen LogP contribution < -0.4 is 0 Å². The van der Waals surface area contributed by atoms with Gasteiger partial charge in [-0.3, -0.25) is 9.13 Å². The molecule has 0 aromatic carbocycles. The van der Waals surface area contributed by atoms with Gasteiger partial charge in [-0.15, -0.1) is 0 Å². The Morgan fingerprint density at radius 1 is 0.852 bits per heavy atom. The normalized spacial score (nSPS) is 16.5. The molecule has 27 heavy (non-hydrogen) atoms. The van der Waals surface area contributed by atoms with Crippen molar-refractivity contribution in [3.05, 3.63) is 34.9 Å². The third kappa shape index (κ3) is 17.4. The van der Waals surface area contributed by atoms with Gasteiger partial charge >= 0.3 is 15.2 Å². The number of unbranched alkanes of at least 4 members (excludes halogenated alkanes) is 1. The highest BCUT2D eigenvalue weighted by Gasteiger charge is 2.30. The summed E-state index contributed by atoms with van der Waals surface area (Å²) in [6, 6.07) is 0. The summed E-state index contributed by atoms with van der Waals surface area (Å²) in [5.74, 6) is -1.13. The first-order valence-electron chi connectivity index (χ1n) is 9.43. The lowest BCUT2D eigenvalue weighted by atomic mass is 10.1. The van der Waals surface area contributed by atoms with Gasteiger partial charge in [0.25, 0.3) is 0 Å². The second-order valence-electron chi connectivity index (χ2n) is 7.00. The Kier molecular flexibility index (Phi) is 13.4. The highest BCUT2D eigenvalue weighted by molar-refractivity contribution is 7.70. The minimum Gasteiger partial charge on any atom is -0.324 e. The van der Waals surface area contributed by atoms with Crippen molar-refractivity contribution in [1.29, 1.82) is 0 Å². The first-order chi connectivity index (χ1) is 12.4. The molecule has 6 nitrogen and oxygen atoms in total. The Bertz CT molecular complexity index is 616. The second-order valence-corrected chi connectivity index (χ2v) is 11.0. The summed E-state index contributed by atoms with van der Waals surface area (Å²) in [4.78, 5) is 26.8. The Balaban J connectivity index is 4.02. The van der Waals surface area contributed by atoms with Crippen LogP contribution in [-0.2, 0) is 13.7 Å². The molecular weight excluding hydrogens is 386 g/mol. The highest BCUT2D eigenvalue weighted by Crippen LogP contribution is 2.55. The lowest BCUT2D eigenvalue weighted by Crippen LogP contribution is -1.97. The molecule has 0 aliphatic heterocycles. The fourth-order valence-corrected chi connectivity index (χ4v) is 4.96. The molecule has 1 unspecified atom stereocenters. The maximum Gasteiger partial charge on any atom is 0.340 e. The summed E-state index contributed by atoms with van der Waals surface area (Å²) in [6.45, 7) is 8.55. The van der Waals surface area contributed by atoms with E-state index in [4.69, 9.17) is 14.3 Å². The molecule has 0 aromatic rings. The molecule has 0 saturated heterocycles. The molecule has 0 aliphatic carbocycles. The fourth-order valence-electron chi connectivity index (χ4n) is 2.35. The van der Waals surface area contributed by atoms with Gasteiger partial charge in [0, 0.05) is 0 Å². The molecule has 0 spiro atoms. The maximum absolute atomic E-state index is 11.5. The largest absolute Gasteiger partial charge is 0.340 e. The van der Waals surface area contributed by atoms with Crippen molar-refractivity contribution in [2.45, 2.75) is 72.6 Å². The third-order valence-corrected chi connectivity index (χ3v) is 7.61. The van der Waals surface area contributed by atoms with E-state index in [1.165, 1.54) is 16.7 Å². The Morgan fingerprint density at radius 2 is 1.33 bits per heavy atom. The summed E-state index contributed by atoms with van der Waals surface area (Å²) in [5.41, 5.74) is 4.09. The first kappa shape index (κ1) is 26.5. The van der Waals surface area contributed by atoms with Gasteiger partial charge in [0.05, 0.1) is 6.61 Å². The lowest BCUT2D eigenvalue weighted by molar-refractivity contribution is 0.257. The zero-order chi connectivity index (χ0) is 20.9. The second kappa shape index (κ2) is 13.7. The van der Waals surface area contributed by atoms with Crippen LogP contribution in [0.1, 0.15) is 72.6 Å². The average molecular weight is 422 g/mol. The summed E-state index contributed by atoms with van der Waals surface area (Å²) < 4.78 is 27.0. The molecule has 158 valence electrons. The average Bonchev–Trinajstić information content (AvgIpc) is 2.51. The molecule has 0 bridgehead atoms. The van der Waals surface area contributed by atoms with E-state index in [1.807, 2.05) is 0 Å². The van der Waals surface area contributed by atoms with Crippen molar-refractivity contribution < 1.29 is 28.3 Å². The van der Waals surface area contributed by atoms with Gasteiger partial charge in [-0.05, 0) is 65.7 Å². The van der Waals surface area contributed by atoms with Crippen molar-refractivity contribution in [2.24, 2.45) is 0 Å². The zero-order valence-corrected chi connectivity index (χ0v) is 18.8. The number of hydrogen-bond acceptors (Lipinski definition) is 3. The summed E-state index contributed by atoms with van der Waals surface area (Å²) >= 11 is 0. The summed E-state index contributed by atoms with van der Waals surface area (Å²) in [6.07, 6.45) is 13.1. The van der Waals surface area contributed by atoms with E-state index >= 15 is 0 Å². The molecule has 0 amide bonds. The van der Waals surface area contributed by atoms with Crippen LogP contribution in [0.15, 0.2) is 34.9 Å². The number of allylic oxidation sites excluding steroid dienone is 6. The van der Waals surface area contributed by atoms with Crippen molar-refractivity contribution in [2.75, 3.05) is 12.5 Å². The van der Waals surface area contributed by atoms with Crippen LogP contribution in [0.5, 0.6) is 0 Å². The molecule has 8 heteroatoms. The molecular formula is C19H36O6P2. The summed E-state index contributed by atoms with van der Waals surface area (Å²) in [7, 11) is -8.77. The van der Waals surface area contributed by atoms with E-state index in [2.05, 4.69) is 45.9 Å². The van der Waals surface area contributed by atoms with Crippen molar-refractivity contribution >= 4 is 15.2 Å². The fraction of sp³-hybridized carbons (Fsp3) is 0.684. The van der Waals surface area contributed by atoms with Gasteiger partial charge in [-0.25, -0.2) is 0 Å². The zero-order valence-electron chi connectivity index (χ0n) is 17.1. The topological polar surface area (TPSA) is 104 Å². The molecule has 0 rings (SSSR count). The third-order valence-electron chi connectivity index (χ3n) is 4.12. The molecule has 0 fully saturated rings. The number of rotatable bonds is 14. The van der Waals surface area contributed by atoms with Crippen LogP contribution in [0.3, 0.4) is 0 Å². The predicted octanol–water partition coefficient (Wildman–Crippen LogP) is 5.91. The Morgan fingerprint density at radius 3 is 1.81 bits per heavy atom. The minimum absolute atomic E-state index is 0.00125. The van der Waals surface area contributed by atoms with Crippen molar-refractivity contribution in [3.8, 4) is 0 Å². The van der Waals surface area contributed by atoms with E-state index in [0.717, 1.165) is 32.1 Å². The first-order valence-corrected chi connectivity index (χ1v) is 13.0. The quantitative estimate of drug-likeness (QED) is 0.183. The minimum atomic E-state index is -4.55. The van der Waals surface area contributed by atoms with Gasteiger partial charge in [-0.2, -0.15) is 0 Å². The molecule has 3 N–H and O–H groups in total. The van der Waals surface area contributed by atoms with E-state index in [0.29, 0.717) is 12.8 Å². The maximum atomic E-state index is 11.5. The smallest absolute Gasteiger partial charge is 0.324 e. The van der Waals surface area contributed by atoms with Gasteiger partial charge in [0.2, 0.25) is 0 Å². The Hall–Kier alpha value is -0.480. The molecule has 0 aliphatic rings. The van der Waals surface area contributed by atoms with E-state index in [1.54, 1.807) is 0 Å². The molecule has 0 radical (unpaired) electrons. The molecule has 0 heterocycles. The van der Waals surface area contributed by atoms with Crippen LogP contribution in [0.4, 0.5) is 0 Å². The van der Waals surface area contributed by atoms with Gasteiger partial charge < -0.3 is 19.2 Å². The van der Waals surface area contributed by atoms with Crippen LogP contribution in [0.25, 0.3) is 0 Å². The monoisotopic (exact) mass is 422 g/mol. The lowest BCUT2D eigenvalue weighted by Gasteiger charge is -2.12. The van der Waals surface area contributed by atoms with Crippen LogP contribution >= 0.6 is 15.2 Å². The van der Waals surface area contributed by atoms with E-state index in [-0.39, 0.29) is 6.61 Å². The van der Waals surface area contributed by atoms with E-state index < -0.39 is 21.1 Å².